The molecule has 18 heavy (non-hydrogen) atoms. The zero-order chi connectivity index (χ0) is 12.4. The minimum Gasteiger partial charge on any atom is -0.378 e. The molecule has 1 atom stereocenters. The highest BCUT2D eigenvalue weighted by molar-refractivity contribution is 7.09. The maximum atomic E-state index is 12.2. The summed E-state index contributed by atoms with van der Waals surface area (Å²) in [7, 11) is 0. The molecule has 98 valence electrons. The van der Waals surface area contributed by atoms with Gasteiger partial charge in [-0.3, -0.25) is 4.79 Å². The van der Waals surface area contributed by atoms with E-state index in [9.17, 15) is 4.79 Å². The van der Waals surface area contributed by atoms with Gasteiger partial charge in [-0.05, 0) is 19.4 Å². The summed E-state index contributed by atoms with van der Waals surface area (Å²) in [4.78, 5) is 18.5. The lowest BCUT2D eigenvalue weighted by Gasteiger charge is -2.26. The Balaban J connectivity index is 1.69. The number of carbonyl (C=O) groups excluding carboxylic acids is 1. The zero-order valence-electron chi connectivity index (χ0n) is 10.2. The first-order valence-corrected chi connectivity index (χ1v) is 7.28. The van der Waals surface area contributed by atoms with E-state index >= 15 is 0 Å². The Hall–Kier alpha value is -0.980. The number of nitrogens with zero attached hydrogens (tertiary/aromatic N) is 2. The van der Waals surface area contributed by atoms with Gasteiger partial charge >= 0.3 is 0 Å². The standard InChI is InChI=1S/C12H17N3O2S/c16-12(15-4-6-17-7-5-15)10-8-18-11(14-10)9-2-1-3-13-9/h8-9,13H,1-7H2. The third-order valence-electron chi connectivity index (χ3n) is 3.40. The minimum atomic E-state index is 0.0406. The molecule has 0 aromatic carbocycles. The smallest absolute Gasteiger partial charge is 0.273 e. The molecule has 5 nitrogen and oxygen atoms in total. The SMILES string of the molecule is O=C(c1csc(C2CCCN2)n1)N1CCOCC1. The summed E-state index contributed by atoms with van der Waals surface area (Å²) in [6.07, 6.45) is 2.32. The van der Waals surface area contributed by atoms with Crippen molar-refractivity contribution in [2.75, 3.05) is 32.8 Å². The normalized spacial score (nSPS) is 24.4. The molecule has 0 radical (unpaired) electrons. The number of morpholine rings is 1. The van der Waals surface area contributed by atoms with E-state index in [4.69, 9.17) is 4.74 Å². The van der Waals surface area contributed by atoms with Crippen LogP contribution in [0.1, 0.15) is 34.4 Å². The van der Waals surface area contributed by atoms with Crippen molar-refractivity contribution in [1.29, 1.82) is 0 Å². The molecular weight excluding hydrogens is 250 g/mol. The van der Waals surface area contributed by atoms with Gasteiger partial charge in [0.2, 0.25) is 0 Å². The largest absolute Gasteiger partial charge is 0.378 e. The number of nitrogens with one attached hydrogen (secondary N) is 1. The van der Waals surface area contributed by atoms with Gasteiger partial charge in [0.15, 0.2) is 0 Å². The first kappa shape index (κ1) is 12.1. The van der Waals surface area contributed by atoms with Crippen molar-refractivity contribution in [3.05, 3.63) is 16.1 Å². The molecule has 0 bridgehead atoms. The third kappa shape index (κ3) is 2.41. The Kier molecular flexibility index (Phi) is 3.58. The van der Waals surface area contributed by atoms with E-state index in [0.29, 0.717) is 38.0 Å². The summed E-state index contributed by atoms with van der Waals surface area (Å²) in [6, 6.07) is 0.348. The van der Waals surface area contributed by atoms with E-state index in [1.165, 1.54) is 6.42 Å². The molecule has 0 aliphatic carbocycles. The van der Waals surface area contributed by atoms with Crippen LogP contribution in [0.5, 0.6) is 0 Å². The Morgan fingerprint density at radius 2 is 2.33 bits per heavy atom. The summed E-state index contributed by atoms with van der Waals surface area (Å²) in [5.41, 5.74) is 0.589. The van der Waals surface area contributed by atoms with Crippen LogP contribution in [-0.4, -0.2) is 48.6 Å². The second-order valence-electron chi connectivity index (χ2n) is 4.62. The second-order valence-corrected chi connectivity index (χ2v) is 5.51. The van der Waals surface area contributed by atoms with E-state index in [-0.39, 0.29) is 5.91 Å². The Bertz CT molecular complexity index is 423. The van der Waals surface area contributed by atoms with Gasteiger partial charge in [0.05, 0.1) is 19.3 Å². The monoisotopic (exact) mass is 267 g/mol. The van der Waals surface area contributed by atoms with Gasteiger partial charge in [0, 0.05) is 18.5 Å². The zero-order valence-corrected chi connectivity index (χ0v) is 11.0. The molecule has 3 rings (SSSR count). The van der Waals surface area contributed by atoms with Crippen LogP contribution < -0.4 is 5.32 Å². The molecule has 2 aliphatic rings. The predicted octanol–water partition coefficient (Wildman–Crippen LogP) is 1.04. The number of ether oxygens (including phenoxy) is 1. The van der Waals surface area contributed by atoms with Crippen LogP contribution in [0.2, 0.25) is 0 Å². The number of rotatable bonds is 2. The lowest BCUT2D eigenvalue weighted by atomic mass is 10.2. The number of aromatic nitrogens is 1. The van der Waals surface area contributed by atoms with Crippen LogP contribution in [-0.2, 0) is 4.74 Å². The van der Waals surface area contributed by atoms with E-state index in [2.05, 4.69) is 10.3 Å². The highest BCUT2D eigenvalue weighted by Gasteiger charge is 2.24. The highest BCUT2D eigenvalue weighted by Crippen LogP contribution is 2.26. The van der Waals surface area contributed by atoms with Crippen molar-refractivity contribution in [3.8, 4) is 0 Å². The lowest BCUT2D eigenvalue weighted by Crippen LogP contribution is -2.40. The van der Waals surface area contributed by atoms with Gasteiger partial charge in [-0.1, -0.05) is 0 Å². The topological polar surface area (TPSA) is 54.5 Å². The Morgan fingerprint density at radius 3 is 3.06 bits per heavy atom. The summed E-state index contributed by atoms with van der Waals surface area (Å²) < 4.78 is 5.25. The van der Waals surface area contributed by atoms with Crippen molar-refractivity contribution in [3.63, 3.8) is 0 Å². The Morgan fingerprint density at radius 1 is 1.50 bits per heavy atom. The van der Waals surface area contributed by atoms with Gasteiger partial charge in [0.1, 0.15) is 10.7 Å². The first-order valence-electron chi connectivity index (χ1n) is 6.40. The predicted molar refractivity (Wildman–Crippen MR) is 68.8 cm³/mol. The maximum absolute atomic E-state index is 12.2. The molecule has 2 aliphatic heterocycles. The van der Waals surface area contributed by atoms with Crippen LogP contribution in [0, 0.1) is 0 Å². The molecule has 1 unspecified atom stereocenters. The molecule has 3 heterocycles. The van der Waals surface area contributed by atoms with Gasteiger partial charge in [-0.2, -0.15) is 0 Å². The molecule has 0 saturated carbocycles. The van der Waals surface area contributed by atoms with Crippen LogP contribution in [0.3, 0.4) is 0 Å². The summed E-state index contributed by atoms with van der Waals surface area (Å²) in [5, 5.41) is 6.34. The molecule has 2 saturated heterocycles. The average Bonchev–Trinajstić information content (AvgIpc) is 3.09. The number of carbonyl (C=O) groups is 1. The lowest BCUT2D eigenvalue weighted by molar-refractivity contribution is 0.0299. The van der Waals surface area contributed by atoms with Crippen LogP contribution >= 0.6 is 11.3 Å². The van der Waals surface area contributed by atoms with Crippen molar-refractivity contribution in [2.24, 2.45) is 0 Å². The van der Waals surface area contributed by atoms with Crippen LogP contribution in [0.25, 0.3) is 0 Å². The molecule has 1 amide bonds. The fraction of sp³-hybridized carbons (Fsp3) is 0.667. The van der Waals surface area contributed by atoms with E-state index in [1.807, 2.05) is 10.3 Å². The first-order chi connectivity index (χ1) is 8.84. The molecule has 1 N–H and O–H groups in total. The number of hydrogen-bond donors (Lipinski definition) is 1. The minimum absolute atomic E-state index is 0.0406. The maximum Gasteiger partial charge on any atom is 0.273 e. The number of amides is 1. The highest BCUT2D eigenvalue weighted by atomic mass is 32.1. The molecule has 1 aromatic rings. The molecule has 0 spiro atoms. The summed E-state index contributed by atoms with van der Waals surface area (Å²) >= 11 is 1.59. The van der Waals surface area contributed by atoms with Crippen molar-refractivity contribution < 1.29 is 9.53 Å². The number of thiazole rings is 1. The van der Waals surface area contributed by atoms with E-state index in [1.54, 1.807) is 11.3 Å². The quantitative estimate of drug-likeness (QED) is 0.870. The van der Waals surface area contributed by atoms with Gasteiger partial charge in [-0.25, -0.2) is 4.98 Å². The van der Waals surface area contributed by atoms with E-state index < -0.39 is 0 Å². The van der Waals surface area contributed by atoms with Crippen LogP contribution in [0.15, 0.2) is 5.38 Å². The molecule has 2 fully saturated rings. The number of hydrogen-bond acceptors (Lipinski definition) is 5. The third-order valence-corrected chi connectivity index (χ3v) is 4.36. The average molecular weight is 267 g/mol. The van der Waals surface area contributed by atoms with Gasteiger partial charge < -0.3 is 15.0 Å². The Labute approximate surface area is 110 Å². The summed E-state index contributed by atoms with van der Waals surface area (Å²) in [5.74, 6) is 0.0406. The van der Waals surface area contributed by atoms with E-state index in [0.717, 1.165) is 18.0 Å². The van der Waals surface area contributed by atoms with Crippen molar-refractivity contribution in [1.82, 2.24) is 15.2 Å². The van der Waals surface area contributed by atoms with Gasteiger partial charge in [0.25, 0.3) is 5.91 Å². The summed E-state index contributed by atoms with van der Waals surface area (Å²) in [6.45, 7) is 3.66. The second kappa shape index (κ2) is 5.34. The fourth-order valence-electron chi connectivity index (χ4n) is 2.37. The van der Waals surface area contributed by atoms with Crippen LogP contribution in [0.4, 0.5) is 0 Å². The fourth-order valence-corrected chi connectivity index (χ4v) is 3.27. The molecule has 6 heteroatoms. The molecule has 1 aromatic heterocycles. The van der Waals surface area contributed by atoms with Crippen molar-refractivity contribution >= 4 is 17.2 Å². The molecular formula is C12H17N3O2S. The van der Waals surface area contributed by atoms with Crippen molar-refractivity contribution in [2.45, 2.75) is 18.9 Å². The van der Waals surface area contributed by atoms with Gasteiger partial charge in [-0.15, -0.1) is 11.3 Å².